The normalized spacial score (nSPS) is 12.1. The Bertz CT molecular complexity index is 1390. The van der Waals surface area contributed by atoms with E-state index < -0.39 is 0 Å². The van der Waals surface area contributed by atoms with Crippen LogP contribution in [0.2, 0.25) is 0 Å². The first-order valence-electron chi connectivity index (χ1n) is 10.1. The molecule has 0 saturated heterocycles. The van der Waals surface area contributed by atoms with Gasteiger partial charge in [0.25, 0.3) is 0 Å². The van der Waals surface area contributed by atoms with Crippen molar-refractivity contribution in [2.75, 3.05) is 0 Å². The summed E-state index contributed by atoms with van der Waals surface area (Å²) in [7, 11) is 0. The zero-order valence-electron chi connectivity index (χ0n) is 17.0. The van der Waals surface area contributed by atoms with Gasteiger partial charge in [-0.3, -0.25) is 0 Å². The van der Waals surface area contributed by atoms with Crippen LogP contribution in [0.3, 0.4) is 0 Å². The fourth-order valence-electron chi connectivity index (χ4n) is 4.32. The molecule has 0 heterocycles. The predicted octanol–water partition coefficient (Wildman–Crippen LogP) is 7.82. The second-order valence-corrected chi connectivity index (χ2v) is 8.84. The molecule has 1 nitrogen and oxygen atoms in total. The van der Waals surface area contributed by atoms with Crippen LogP contribution in [0.5, 0.6) is 5.75 Å². The number of hydrogen-bond donors (Lipinski definition) is 1. The highest BCUT2D eigenvalue weighted by atomic mass is 16.3. The number of rotatable bonds is 1. The minimum absolute atomic E-state index is 0.0535. The molecular weight excluding hydrogens is 352 g/mol. The lowest BCUT2D eigenvalue weighted by Gasteiger charge is -2.21. The lowest BCUT2D eigenvalue weighted by atomic mass is 9.83. The molecule has 5 rings (SSSR count). The van der Waals surface area contributed by atoms with Crippen LogP contribution in [0.25, 0.3) is 43.4 Å². The molecule has 29 heavy (non-hydrogen) atoms. The molecule has 0 spiro atoms. The van der Waals surface area contributed by atoms with Crippen LogP contribution in [0.1, 0.15) is 26.3 Å². The van der Waals surface area contributed by atoms with Crippen molar-refractivity contribution in [3.63, 3.8) is 0 Å². The Morgan fingerprint density at radius 2 is 1.28 bits per heavy atom. The van der Waals surface area contributed by atoms with Crippen molar-refractivity contribution >= 4 is 32.3 Å². The van der Waals surface area contributed by atoms with Gasteiger partial charge in [-0.1, -0.05) is 87.5 Å². The van der Waals surface area contributed by atoms with Gasteiger partial charge in [0, 0.05) is 5.56 Å². The van der Waals surface area contributed by atoms with Crippen molar-refractivity contribution in [2.24, 2.45) is 0 Å². The number of hydrogen-bond acceptors (Lipinski definition) is 1. The SMILES string of the molecule is CC(C)(C)c1ccc2c(c1)c(-c1c(O)ccc3ccccc13)cc1ccccc12. The highest BCUT2D eigenvalue weighted by Gasteiger charge is 2.18. The van der Waals surface area contributed by atoms with Crippen LogP contribution in [0, 0.1) is 0 Å². The topological polar surface area (TPSA) is 20.2 Å². The Kier molecular flexibility index (Phi) is 3.89. The largest absolute Gasteiger partial charge is 0.507 e. The molecule has 0 radical (unpaired) electrons. The predicted molar refractivity (Wildman–Crippen MR) is 125 cm³/mol. The van der Waals surface area contributed by atoms with E-state index in [0.717, 1.165) is 21.9 Å². The molecule has 0 aliphatic rings. The fraction of sp³-hybridized carbons (Fsp3) is 0.143. The number of fused-ring (bicyclic) bond motifs is 4. The Balaban J connectivity index is 1.99. The van der Waals surface area contributed by atoms with Crippen molar-refractivity contribution in [1.29, 1.82) is 0 Å². The van der Waals surface area contributed by atoms with Gasteiger partial charge in [-0.25, -0.2) is 0 Å². The quantitative estimate of drug-likeness (QED) is 0.296. The van der Waals surface area contributed by atoms with E-state index in [2.05, 4.69) is 81.4 Å². The maximum atomic E-state index is 10.9. The van der Waals surface area contributed by atoms with Crippen LogP contribution in [-0.4, -0.2) is 5.11 Å². The average Bonchev–Trinajstić information content (AvgIpc) is 2.72. The molecular formula is C28H24O. The van der Waals surface area contributed by atoms with E-state index in [4.69, 9.17) is 0 Å². The van der Waals surface area contributed by atoms with Gasteiger partial charge in [-0.05, 0) is 67.1 Å². The summed E-state index contributed by atoms with van der Waals surface area (Å²) in [5, 5.41) is 18.0. The van der Waals surface area contributed by atoms with Crippen molar-refractivity contribution in [3.8, 4) is 16.9 Å². The van der Waals surface area contributed by atoms with Gasteiger partial charge < -0.3 is 5.11 Å². The zero-order chi connectivity index (χ0) is 20.2. The van der Waals surface area contributed by atoms with Crippen molar-refractivity contribution in [3.05, 3.63) is 90.5 Å². The molecule has 142 valence electrons. The highest BCUT2D eigenvalue weighted by Crippen LogP contribution is 2.43. The molecule has 0 aliphatic heterocycles. The molecule has 0 atom stereocenters. The minimum Gasteiger partial charge on any atom is -0.507 e. The van der Waals surface area contributed by atoms with E-state index >= 15 is 0 Å². The standard InChI is InChI=1S/C28H24O/c1-28(2,3)20-13-14-23-21-10-6-5-9-19(21)16-25(24(23)17-20)27-22-11-7-4-8-18(22)12-15-26(27)29/h4-17,29H,1-3H3. The van der Waals surface area contributed by atoms with E-state index in [0.29, 0.717) is 5.75 Å². The third kappa shape index (κ3) is 2.86. The first-order valence-corrected chi connectivity index (χ1v) is 10.1. The van der Waals surface area contributed by atoms with E-state index in [1.807, 2.05) is 24.3 Å². The summed E-state index contributed by atoms with van der Waals surface area (Å²) in [5.74, 6) is 0.321. The maximum absolute atomic E-state index is 10.9. The molecule has 0 bridgehead atoms. The smallest absolute Gasteiger partial charge is 0.124 e. The van der Waals surface area contributed by atoms with Gasteiger partial charge in [0.1, 0.15) is 5.75 Å². The van der Waals surface area contributed by atoms with E-state index in [1.165, 1.54) is 27.1 Å². The summed E-state index contributed by atoms with van der Waals surface area (Å²) in [6.07, 6.45) is 0. The van der Waals surface area contributed by atoms with Crippen molar-refractivity contribution < 1.29 is 5.11 Å². The number of benzene rings is 5. The van der Waals surface area contributed by atoms with Gasteiger partial charge in [-0.2, -0.15) is 0 Å². The van der Waals surface area contributed by atoms with Crippen molar-refractivity contribution in [2.45, 2.75) is 26.2 Å². The van der Waals surface area contributed by atoms with Gasteiger partial charge in [0.05, 0.1) is 0 Å². The highest BCUT2D eigenvalue weighted by molar-refractivity contribution is 6.17. The molecule has 0 amide bonds. The Morgan fingerprint density at radius 1 is 0.586 bits per heavy atom. The van der Waals surface area contributed by atoms with E-state index in [9.17, 15) is 5.11 Å². The fourth-order valence-corrected chi connectivity index (χ4v) is 4.32. The number of phenolic OH excluding ortho intramolecular Hbond substituents is 1. The lowest BCUT2D eigenvalue weighted by molar-refractivity contribution is 0.478. The summed E-state index contributed by atoms with van der Waals surface area (Å²) in [5.41, 5.74) is 3.34. The monoisotopic (exact) mass is 376 g/mol. The third-order valence-corrected chi connectivity index (χ3v) is 5.90. The Labute approximate surface area is 171 Å². The van der Waals surface area contributed by atoms with Crippen LogP contribution in [0.15, 0.2) is 84.9 Å². The zero-order valence-corrected chi connectivity index (χ0v) is 17.0. The molecule has 0 unspecified atom stereocenters. The molecule has 0 aromatic heterocycles. The molecule has 0 aliphatic carbocycles. The number of phenols is 1. The van der Waals surface area contributed by atoms with Gasteiger partial charge >= 0.3 is 0 Å². The first-order chi connectivity index (χ1) is 13.9. The van der Waals surface area contributed by atoms with Crippen LogP contribution in [-0.2, 0) is 5.41 Å². The van der Waals surface area contributed by atoms with E-state index in [-0.39, 0.29) is 5.41 Å². The average molecular weight is 376 g/mol. The molecule has 5 aromatic rings. The molecule has 5 aromatic carbocycles. The summed E-state index contributed by atoms with van der Waals surface area (Å²) in [4.78, 5) is 0. The van der Waals surface area contributed by atoms with Gasteiger partial charge in [0.2, 0.25) is 0 Å². The van der Waals surface area contributed by atoms with Gasteiger partial charge in [-0.15, -0.1) is 0 Å². The first kappa shape index (κ1) is 17.8. The Hall–Kier alpha value is -3.32. The van der Waals surface area contributed by atoms with Crippen LogP contribution < -0.4 is 0 Å². The van der Waals surface area contributed by atoms with Crippen LogP contribution in [0.4, 0.5) is 0 Å². The molecule has 0 saturated carbocycles. The lowest BCUT2D eigenvalue weighted by Crippen LogP contribution is -2.10. The second-order valence-electron chi connectivity index (χ2n) is 8.84. The van der Waals surface area contributed by atoms with Crippen molar-refractivity contribution in [1.82, 2.24) is 0 Å². The molecule has 0 fully saturated rings. The Morgan fingerprint density at radius 3 is 2.03 bits per heavy atom. The number of aromatic hydroxyl groups is 1. The summed E-state index contributed by atoms with van der Waals surface area (Å²) < 4.78 is 0. The maximum Gasteiger partial charge on any atom is 0.124 e. The second kappa shape index (κ2) is 6.35. The molecule has 1 heteroatoms. The van der Waals surface area contributed by atoms with E-state index in [1.54, 1.807) is 0 Å². The third-order valence-electron chi connectivity index (χ3n) is 5.90. The molecule has 1 N–H and O–H groups in total. The summed E-state index contributed by atoms with van der Waals surface area (Å²) >= 11 is 0. The van der Waals surface area contributed by atoms with Gasteiger partial charge in [0.15, 0.2) is 0 Å². The summed E-state index contributed by atoms with van der Waals surface area (Å²) in [6, 6.07) is 29.6. The van der Waals surface area contributed by atoms with Crippen LogP contribution >= 0.6 is 0 Å². The summed E-state index contributed by atoms with van der Waals surface area (Å²) in [6.45, 7) is 6.72. The minimum atomic E-state index is 0.0535.